The van der Waals surface area contributed by atoms with E-state index in [0.717, 1.165) is 58.9 Å². The van der Waals surface area contributed by atoms with E-state index in [1.165, 1.54) is 4.88 Å². The van der Waals surface area contributed by atoms with Gasteiger partial charge in [-0.1, -0.05) is 6.07 Å². The molecule has 6 heteroatoms. The zero-order chi connectivity index (χ0) is 15.6. The predicted octanol–water partition coefficient (Wildman–Crippen LogP) is 1.26. The number of fused-ring (bicyclic) bond motifs is 1. The number of hydrogen-bond acceptors (Lipinski definition) is 5. The van der Waals surface area contributed by atoms with Crippen LogP contribution in [0.2, 0.25) is 0 Å². The number of thiophene rings is 1. The van der Waals surface area contributed by atoms with E-state index in [0.29, 0.717) is 24.4 Å². The van der Waals surface area contributed by atoms with Gasteiger partial charge in [0.2, 0.25) is 5.91 Å². The number of ether oxygens (including phenoxy) is 1. The highest BCUT2D eigenvalue weighted by molar-refractivity contribution is 7.09. The molecule has 0 aromatic carbocycles. The Bertz CT molecular complexity index is 530. The van der Waals surface area contributed by atoms with Gasteiger partial charge in [0.15, 0.2) is 0 Å². The Balaban J connectivity index is 1.34. The predicted molar refractivity (Wildman–Crippen MR) is 90.5 cm³/mol. The van der Waals surface area contributed by atoms with Crippen LogP contribution in [0.1, 0.15) is 17.7 Å². The van der Waals surface area contributed by atoms with Gasteiger partial charge in [-0.05, 0) is 17.9 Å². The molecule has 0 aliphatic carbocycles. The number of hydrogen-bond donors (Lipinski definition) is 0. The third-order valence-corrected chi connectivity index (χ3v) is 6.29. The van der Waals surface area contributed by atoms with Crippen LogP contribution in [-0.2, 0) is 16.1 Å². The Kier molecular flexibility index (Phi) is 4.66. The van der Waals surface area contributed by atoms with Gasteiger partial charge < -0.3 is 9.64 Å². The minimum absolute atomic E-state index is 0.351. The molecule has 126 valence electrons. The van der Waals surface area contributed by atoms with Crippen LogP contribution in [0, 0.1) is 0 Å². The van der Waals surface area contributed by atoms with E-state index in [9.17, 15) is 4.79 Å². The molecule has 4 rings (SSSR count). The number of likely N-dealkylation sites (tertiary alicyclic amines) is 2. The van der Waals surface area contributed by atoms with Crippen LogP contribution < -0.4 is 0 Å². The first-order valence-electron chi connectivity index (χ1n) is 8.67. The third-order valence-electron chi connectivity index (χ3n) is 5.43. The van der Waals surface area contributed by atoms with E-state index in [1.54, 1.807) is 0 Å². The first-order valence-corrected chi connectivity index (χ1v) is 9.55. The maximum absolute atomic E-state index is 12.5. The molecule has 0 saturated carbocycles. The molecule has 0 N–H and O–H groups in total. The van der Waals surface area contributed by atoms with E-state index >= 15 is 0 Å². The fourth-order valence-electron chi connectivity index (χ4n) is 4.17. The Morgan fingerprint density at radius 1 is 1.17 bits per heavy atom. The van der Waals surface area contributed by atoms with Gasteiger partial charge in [0.05, 0.1) is 13.2 Å². The van der Waals surface area contributed by atoms with Crippen molar-refractivity contribution in [3.63, 3.8) is 0 Å². The van der Waals surface area contributed by atoms with Crippen LogP contribution in [0.5, 0.6) is 0 Å². The number of nitrogens with zero attached hydrogens (tertiary/aromatic N) is 3. The Morgan fingerprint density at radius 2 is 2.04 bits per heavy atom. The molecule has 3 saturated heterocycles. The van der Waals surface area contributed by atoms with Crippen molar-refractivity contribution in [2.24, 2.45) is 0 Å². The van der Waals surface area contributed by atoms with Crippen LogP contribution in [0.15, 0.2) is 17.5 Å². The second-order valence-corrected chi connectivity index (χ2v) is 7.75. The quantitative estimate of drug-likeness (QED) is 0.812. The minimum atomic E-state index is 0.351. The summed E-state index contributed by atoms with van der Waals surface area (Å²) < 4.78 is 5.40. The number of rotatable bonds is 5. The average Bonchev–Trinajstić information content (AvgIpc) is 3.27. The monoisotopic (exact) mass is 335 g/mol. The van der Waals surface area contributed by atoms with Crippen molar-refractivity contribution in [3.05, 3.63) is 22.4 Å². The van der Waals surface area contributed by atoms with Crippen LogP contribution in [-0.4, -0.2) is 78.6 Å². The molecule has 1 aromatic heterocycles. The van der Waals surface area contributed by atoms with Gasteiger partial charge in [-0.25, -0.2) is 0 Å². The summed E-state index contributed by atoms with van der Waals surface area (Å²) in [5.41, 5.74) is 0. The zero-order valence-corrected chi connectivity index (χ0v) is 14.3. The first kappa shape index (κ1) is 15.6. The highest BCUT2D eigenvalue weighted by atomic mass is 32.1. The topological polar surface area (TPSA) is 36.0 Å². The average molecular weight is 335 g/mol. The lowest BCUT2D eigenvalue weighted by Crippen LogP contribution is -2.44. The van der Waals surface area contributed by atoms with Crippen molar-refractivity contribution >= 4 is 17.2 Å². The summed E-state index contributed by atoms with van der Waals surface area (Å²) in [4.78, 5) is 21.0. The van der Waals surface area contributed by atoms with E-state index in [2.05, 4.69) is 32.2 Å². The molecule has 4 heterocycles. The summed E-state index contributed by atoms with van der Waals surface area (Å²) in [5.74, 6) is 0.351. The third kappa shape index (κ3) is 3.31. The molecule has 0 radical (unpaired) electrons. The molecule has 3 fully saturated rings. The maximum atomic E-state index is 12.5. The van der Waals surface area contributed by atoms with Crippen molar-refractivity contribution in [3.8, 4) is 0 Å². The van der Waals surface area contributed by atoms with Gasteiger partial charge in [-0.3, -0.25) is 14.6 Å². The van der Waals surface area contributed by atoms with E-state index in [4.69, 9.17) is 4.74 Å². The Labute approximate surface area is 141 Å². The van der Waals surface area contributed by atoms with Gasteiger partial charge in [-0.2, -0.15) is 0 Å². The van der Waals surface area contributed by atoms with Crippen molar-refractivity contribution in [1.29, 1.82) is 0 Å². The smallest absolute Gasteiger partial charge is 0.224 e. The van der Waals surface area contributed by atoms with Gasteiger partial charge in [0, 0.05) is 62.7 Å². The summed E-state index contributed by atoms with van der Waals surface area (Å²) in [5, 5.41) is 2.14. The SMILES string of the molecule is O=C1C[C@@H]2[C@H](CCN2Cc2cccs2)N1CCN1CCOCC1. The van der Waals surface area contributed by atoms with Gasteiger partial charge in [0.25, 0.3) is 0 Å². The molecule has 1 amide bonds. The van der Waals surface area contributed by atoms with Crippen molar-refractivity contribution in [2.45, 2.75) is 31.5 Å². The van der Waals surface area contributed by atoms with Gasteiger partial charge in [-0.15, -0.1) is 11.3 Å². The first-order chi connectivity index (χ1) is 11.3. The largest absolute Gasteiger partial charge is 0.379 e. The molecular weight excluding hydrogens is 310 g/mol. The summed E-state index contributed by atoms with van der Waals surface area (Å²) in [6.45, 7) is 7.65. The molecule has 3 aliphatic rings. The molecule has 0 spiro atoms. The van der Waals surface area contributed by atoms with Crippen LogP contribution in [0.4, 0.5) is 0 Å². The molecule has 0 unspecified atom stereocenters. The zero-order valence-electron chi connectivity index (χ0n) is 13.5. The number of carbonyl (C=O) groups is 1. The highest BCUT2D eigenvalue weighted by Gasteiger charge is 2.46. The molecule has 2 atom stereocenters. The molecule has 1 aromatic rings. The molecular formula is C17H25N3O2S. The number of amides is 1. The summed E-state index contributed by atoms with van der Waals surface area (Å²) in [6.07, 6.45) is 1.84. The van der Waals surface area contributed by atoms with Gasteiger partial charge in [0.1, 0.15) is 0 Å². The van der Waals surface area contributed by atoms with Gasteiger partial charge >= 0.3 is 0 Å². The number of morpholine rings is 1. The van der Waals surface area contributed by atoms with Crippen molar-refractivity contribution in [2.75, 3.05) is 45.9 Å². The number of carbonyl (C=O) groups excluding carboxylic acids is 1. The second kappa shape index (κ2) is 6.89. The minimum Gasteiger partial charge on any atom is -0.379 e. The highest BCUT2D eigenvalue weighted by Crippen LogP contribution is 2.33. The normalized spacial score (nSPS) is 29.4. The Hall–Kier alpha value is -0.950. The lowest BCUT2D eigenvalue weighted by Gasteiger charge is -2.30. The van der Waals surface area contributed by atoms with E-state index < -0.39 is 0 Å². The standard InChI is InChI=1S/C17H25N3O2S/c21-17-12-16-15(3-4-19(16)13-14-2-1-11-23-14)20(17)6-5-18-7-9-22-10-8-18/h1-2,11,15-16H,3-10,12-13H2/t15-,16+/m0/s1. The van der Waals surface area contributed by atoms with Crippen LogP contribution >= 0.6 is 11.3 Å². The van der Waals surface area contributed by atoms with Crippen molar-refractivity contribution < 1.29 is 9.53 Å². The maximum Gasteiger partial charge on any atom is 0.224 e. The summed E-state index contributed by atoms with van der Waals surface area (Å²) in [6, 6.07) is 5.17. The molecule has 5 nitrogen and oxygen atoms in total. The molecule has 3 aliphatic heterocycles. The fourth-order valence-corrected chi connectivity index (χ4v) is 4.90. The fraction of sp³-hybridized carbons (Fsp3) is 0.706. The lowest BCUT2D eigenvalue weighted by molar-refractivity contribution is -0.129. The lowest BCUT2D eigenvalue weighted by atomic mass is 10.1. The molecule has 0 bridgehead atoms. The Morgan fingerprint density at radius 3 is 2.83 bits per heavy atom. The summed E-state index contributed by atoms with van der Waals surface area (Å²) >= 11 is 1.82. The second-order valence-electron chi connectivity index (χ2n) is 6.72. The van der Waals surface area contributed by atoms with Crippen molar-refractivity contribution in [1.82, 2.24) is 14.7 Å². The summed E-state index contributed by atoms with van der Waals surface area (Å²) in [7, 11) is 0. The molecule has 23 heavy (non-hydrogen) atoms. The van der Waals surface area contributed by atoms with Crippen LogP contribution in [0.3, 0.4) is 0 Å². The van der Waals surface area contributed by atoms with E-state index in [-0.39, 0.29) is 0 Å². The van der Waals surface area contributed by atoms with Crippen LogP contribution in [0.25, 0.3) is 0 Å². The van der Waals surface area contributed by atoms with E-state index in [1.807, 2.05) is 11.3 Å².